The van der Waals surface area contributed by atoms with Gasteiger partial charge >= 0.3 is 0 Å². The number of carbonyl (C=O) groups excluding carboxylic acids is 1. The first-order valence-electron chi connectivity index (χ1n) is 7.60. The molecule has 3 atom stereocenters. The fourth-order valence-electron chi connectivity index (χ4n) is 3.68. The predicted octanol–water partition coefficient (Wildman–Crippen LogP) is 0.0469. The van der Waals surface area contributed by atoms with Crippen molar-refractivity contribution >= 4 is 5.91 Å². The summed E-state index contributed by atoms with van der Waals surface area (Å²) >= 11 is 0. The molecule has 3 rings (SSSR count). The van der Waals surface area contributed by atoms with Crippen LogP contribution in [0.2, 0.25) is 0 Å². The lowest BCUT2D eigenvalue weighted by Gasteiger charge is -2.32. The minimum Gasteiger partial charge on any atom is -0.379 e. The normalized spacial score (nSPS) is 36.9. The van der Waals surface area contributed by atoms with Crippen LogP contribution in [0.1, 0.15) is 25.7 Å². The Kier molecular flexibility index (Phi) is 4.05. The fraction of sp³-hybridized carbons (Fsp3) is 0.929. The molecule has 3 aliphatic rings. The summed E-state index contributed by atoms with van der Waals surface area (Å²) in [6.45, 7) is 5.53. The standard InChI is InChI=1S/C14H25N3O2/c15-12-2-1-11(9-12)14(18)17-4-3-13(10-17)16-5-7-19-8-6-16/h11-13H,1-10,15H2. The molecule has 0 spiro atoms. The fourth-order valence-corrected chi connectivity index (χ4v) is 3.68. The van der Waals surface area contributed by atoms with E-state index in [2.05, 4.69) is 9.80 Å². The lowest BCUT2D eigenvalue weighted by Crippen LogP contribution is -2.45. The van der Waals surface area contributed by atoms with E-state index in [0.717, 1.165) is 65.1 Å². The summed E-state index contributed by atoms with van der Waals surface area (Å²) in [6, 6.07) is 0.787. The highest BCUT2D eigenvalue weighted by atomic mass is 16.5. The van der Waals surface area contributed by atoms with E-state index < -0.39 is 0 Å². The van der Waals surface area contributed by atoms with Gasteiger partial charge in [0.25, 0.3) is 0 Å². The zero-order valence-electron chi connectivity index (χ0n) is 11.6. The number of carbonyl (C=O) groups is 1. The molecule has 1 amide bonds. The maximum Gasteiger partial charge on any atom is 0.225 e. The van der Waals surface area contributed by atoms with Gasteiger partial charge in [0.1, 0.15) is 0 Å². The predicted molar refractivity (Wildman–Crippen MR) is 72.7 cm³/mol. The van der Waals surface area contributed by atoms with Gasteiger partial charge in [0.2, 0.25) is 5.91 Å². The number of rotatable bonds is 2. The number of nitrogens with two attached hydrogens (primary N) is 1. The number of nitrogens with zero attached hydrogens (tertiary/aromatic N) is 2. The van der Waals surface area contributed by atoms with Crippen LogP contribution in [0.25, 0.3) is 0 Å². The average Bonchev–Trinajstić information content (AvgIpc) is 3.08. The minimum absolute atomic E-state index is 0.193. The molecule has 19 heavy (non-hydrogen) atoms. The first-order valence-corrected chi connectivity index (χ1v) is 7.60. The van der Waals surface area contributed by atoms with Crippen molar-refractivity contribution in [3.8, 4) is 0 Å². The van der Waals surface area contributed by atoms with Gasteiger partial charge in [-0.3, -0.25) is 9.69 Å². The molecule has 2 aliphatic heterocycles. The van der Waals surface area contributed by atoms with Crippen molar-refractivity contribution in [3.05, 3.63) is 0 Å². The van der Waals surface area contributed by atoms with E-state index in [1.807, 2.05) is 0 Å². The molecular formula is C14H25N3O2. The Morgan fingerprint density at radius 2 is 1.89 bits per heavy atom. The van der Waals surface area contributed by atoms with Crippen molar-refractivity contribution in [2.75, 3.05) is 39.4 Å². The van der Waals surface area contributed by atoms with Crippen LogP contribution >= 0.6 is 0 Å². The maximum absolute atomic E-state index is 12.4. The molecule has 0 aromatic carbocycles. The molecule has 1 aliphatic carbocycles. The zero-order chi connectivity index (χ0) is 13.2. The first-order chi connectivity index (χ1) is 9.24. The average molecular weight is 267 g/mol. The van der Waals surface area contributed by atoms with Crippen molar-refractivity contribution in [1.29, 1.82) is 0 Å². The molecule has 0 radical (unpaired) electrons. The number of ether oxygens (including phenoxy) is 1. The molecule has 0 aromatic rings. The number of morpholine rings is 1. The second-order valence-electron chi connectivity index (χ2n) is 6.15. The third-order valence-corrected chi connectivity index (χ3v) is 4.86. The van der Waals surface area contributed by atoms with Crippen LogP contribution < -0.4 is 5.73 Å². The van der Waals surface area contributed by atoms with Gasteiger partial charge in [-0.15, -0.1) is 0 Å². The third-order valence-electron chi connectivity index (χ3n) is 4.86. The number of hydrogen-bond acceptors (Lipinski definition) is 4. The first kappa shape index (κ1) is 13.3. The van der Waals surface area contributed by atoms with Crippen LogP contribution in [0, 0.1) is 5.92 Å². The number of likely N-dealkylation sites (tertiary alicyclic amines) is 1. The van der Waals surface area contributed by atoms with Gasteiger partial charge in [-0.2, -0.15) is 0 Å². The summed E-state index contributed by atoms with van der Waals surface area (Å²) in [5, 5.41) is 0. The lowest BCUT2D eigenvalue weighted by molar-refractivity contribution is -0.134. The Bertz CT molecular complexity index is 331. The van der Waals surface area contributed by atoms with Gasteiger partial charge in [-0.25, -0.2) is 0 Å². The Labute approximate surface area is 115 Å². The van der Waals surface area contributed by atoms with Crippen LogP contribution in [0.5, 0.6) is 0 Å². The van der Waals surface area contributed by atoms with Gasteiger partial charge in [0, 0.05) is 44.2 Å². The third kappa shape index (κ3) is 2.93. The molecule has 5 heteroatoms. The van der Waals surface area contributed by atoms with E-state index in [-0.39, 0.29) is 12.0 Å². The monoisotopic (exact) mass is 267 g/mol. The zero-order valence-corrected chi connectivity index (χ0v) is 11.6. The number of amides is 1. The molecule has 108 valence electrons. The van der Waals surface area contributed by atoms with E-state index >= 15 is 0 Å². The quantitative estimate of drug-likeness (QED) is 0.768. The lowest BCUT2D eigenvalue weighted by atomic mass is 10.1. The molecule has 1 saturated carbocycles. The summed E-state index contributed by atoms with van der Waals surface area (Å²) in [6.07, 6.45) is 4.00. The van der Waals surface area contributed by atoms with Gasteiger partial charge in [-0.05, 0) is 25.7 Å². The molecule has 3 unspecified atom stereocenters. The molecular weight excluding hydrogens is 242 g/mol. The van der Waals surface area contributed by atoms with E-state index in [0.29, 0.717) is 11.9 Å². The molecule has 2 N–H and O–H groups in total. The van der Waals surface area contributed by atoms with Crippen molar-refractivity contribution in [1.82, 2.24) is 9.80 Å². The Hall–Kier alpha value is -0.650. The SMILES string of the molecule is NC1CCC(C(=O)N2CCC(N3CCOCC3)C2)C1. The van der Waals surface area contributed by atoms with E-state index in [4.69, 9.17) is 10.5 Å². The van der Waals surface area contributed by atoms with Gasteiger partial charge < -0.3 is 15.4 Å². The van der Waals surface area contributed by atoms with Crippen LogP contribution in [0.3, 0.4) is 0 Å². The summed E-state index contributed by atoms with van der Waals surface area (Å²) in [5.74, 6) is 0.544. The van der Waals surface area contributed by atoms with Gasteiger partial charge in [0.05, 0.1) is 13.2 Å². The van der Waals surface area contributed by atoms with Crippen molar-refractivity contribution < 1.29 is 9.53 Å². The van der Waals surface area contributed by atoms with Crippen molar-refractivity contribution in [3.63, 3.8) is 0 Å². The van der Waals surface area contributed by atoms with Crippen LogP contribution in [-0.2, 0) is 9.53 Å². The smallest absolute Gasteiger partial charge is 0.225 e. The second kappa shape index (κ2) is 5.77. The van der Waals surface area contributed by atoms with Crippen LogP contribution in [0.4, 0.5) is 0 Å². The van der Waals surface area contributed by atoms with Gasteiger partial charge in [0.15, 0.2) is 0 Å². The van der Waals surface area contributed by atoms with E-state index in [9.17, 15) is 4.79 Å². The van der Waals surface area contributed by atoms with Crippen LogP contribution in [-0.4, -0.2) is 67.2 Å². The molecule has 0 aromatic heterocycles. The van der Waals surface area contributed by atoms with Crippen molar-refractivity contribution in [2.24, 2.45) is 11.7 Å². The topological polar surface area (TPSA) is 58.8 Å². The summed E-state index contributed by atoms with van der Waals surface area (Å²) in [5.41, 5.74) is 5.91. The Morgan fingerprint density at radius 1 is 1.11 bits per heavy atom. The van der Waals surface area contributed by atoms with Crippen molar-refractivity contribution in [2.45, 2.75) is 37.8 Å². The van der Waals surface area contributed by atoms with E-state index in [1.54, 1.807) is 0 Å². The highest BCUT2D eigenvalue weighted by Crippen LogP contribution is 2.28. The summed E-state index contributed by atoms with van der Waals surface area (Å²) in [7, 11) is 0. The second-order valence-corrected chi connectivity index (χ2v) is 6.15. The Morgan fingerprint density at radius 3 is 2.58 bits per heavy atom. The summed E-state index contributed by atoms with van der Waals surface area (Å²) in [4.78, 5) is 17.0. The Balaban J connectivity index is 1.52. The molecule has 0 bridgehead atoms. The van der Waals surface area contributed by atoms with Crippen LogP contribution in [0.15, 0.2) is 0 Å². The maximum atomic E-state index is 12.4. The number of hydrogen-bond donors (Lipinski definition) is 1. The van der Waals surface area contributed by atoms with E-state index in [1.165, 1.54) is 0 Å². The highest BCUT2D eigenvalue weighted by Gasteiger charge is 2.36. The van der Waals surface area contributed by atoms with Gasteiger partial charge in [-0.1, -0.05) is 0 Å². The minimum atomic E-state index is 0.193. The summed E-state index contributed by atoms with van der Waals surface area (Å²) < 4.78 is 5.39. The largest absolute Gasteiger partial charge is 0.379 e. The highest BCUT2D eigenvalue weighted by molar-refractivity contribution is 5.79. The molecule has 2 heterocycles. The molecule has 2 saturated heterocycles. The molecule has 5 nitrogen and oxygen atoms in total. The molecule has 3 fully saturated rings.